The number of hydrogen-bond acceptors (Lipinski definition) is 2. The number of rotatable bonds is 4. The average Bonchev–Trinajstić information content (AvgIpc) is 3.11. The monoisotopic (exact) mass is 435 g/mol. The first-order valence-corrected chi connectivity index (χ1v) is 8.05. The van der Waals surface area contributed by atoms with Crippen molar-refractivity contribution >= 4 is 35.6 Å². The van der Waals surface area contributed by atoms with E-state index >= 15 is 0 Å². The average molecular weight is 435 g/mol. The molecule has 2 aliphatic carbocycles. The number of nitrogens with one attached hydrogen (secondary N) is 1. The van der Waals surface area contributed by atoms with Gasteiger partial charge in [0.05, 0.1) is 7.11 Å². The number of guanidine groups is 1. The van der Waals surface area contributed by atoms with Gasteiger partial charge in [0.15, 0.2) is 5.96 Å². The Hall–Kier alpha value is -1.76. The lowest BCUT2D eigenvalue weighted by Crippen LogP contribution is -2.23. The molecular weight excluding hydrogens is 413 g/mol. The van der Waals surface area contributed by atoms with Gasteiger partial charge in [-0.25, -0.2) is 0 Å². The van der Waals surface area contributed by atoms with Gasteiger partial charge in [0.25, 0.3) is 0 Å². The van der Waals surface area contributed by atoms with Gasteiger partial charge in [-0.3, -0.25) is 4.99 Å². The van der Waals surface area contributed by atoms with Crippen molar-refractivity contribution in [2.75, 3.05) is 19.0 Å². The van der Waals surface area contributed by atoms with Crippen LogP contribution in [-0.4, -0.2) is 19.6 Å². The van der Waals surface area contributed by atoms with Gasteiger partial charge in [0.1, 0.15) is 5.75 Å². The van der Waals surface area contributed by atoms with Crippen molar-refractivity contribution in [1.29, 1.82) is 0 Å². The minimum Gasteiger partial charge on any atom is -0.497 e. The van der Waals surface area contributed by atoms with Crippen molar-refractivity contribution in [3.05, 3.63) is 59.7 Å². The number of anilines is 1. The largest absolute Gasteiger partial charge is 0.497 e. The van der Waals surface area contributed by atoms with E-state index in [-0.39, 0.29) is 24.0 Å². The molecule has 3 N–H and O–H groups in total. The lowest BCUT2D eigenvalue weighted by Gasteiger charge is -2.08. The Morgan fingerprint density at radius 1 is 1.25 bits per heavy atom. The van der Waals surface area contributed by atoms with E-state index in [9.17, 15) is 0 Å². The summed E-state index contributed by atoms with van der Waals surface area (Å²) >= 11 is 0. The Morgan fingerprint density at radius 2 is 2.08 bits per heavy atom. The van der Waals surface area contributed by atoms with Crippen molar-refractivity contribution in [3.63, 3.8) is 0 Å². The predicted octanol–water partition coefficient (Wildman–Crippen LogP) is 3.63. The van der Waals surface area contributed by atoms with E-state index in [4.69, 9.17) is 10.5 Å². The Labute approximate surface area is 159 Å². The van der Waals surface area contributed by atoms with E-state index in [2.05, 4.69) is 34.6 Å². The Bertz CT molecular complexity index is 762. The highest BCUT2D eigenvalue weighted by Gasteiger charge is 2.54. The summed E-state index contributed by atoms with van der Waals surface area (Å²) in [7, 11) is 1.65. The maximum atomic E-state index is 6.02. The van der Waals surface area contributed by atoms with E-state index in [0.29, 0.717) is 17.8 Å². The molecule has 2 aromatic rings. The molecule has 0 aliphatic heterocycles. The molecule has 1 saturated carbocycles. The van der Waals surface area contributed by atoms with Crippen LogP contribution in [0, 0.1) is 11.8 Å². The summed E-state index contributed by atoms with van der Waals surface area (Å²) in [5.41, 5.74) is 9.96. The first kappa shape index (κ1) is 17.1. The third-order valence-corrected chi connectivity index (χ3v) is 5.02. The smallest absolute Gasteiger partial charge is 0.193 e. The first-order chi connectivity index (χ1) is 11.3. The van der Waals surface area contributed by atoms with Crippen LogP contribution in [-0.2, 0) is 6.42 Å². The van der Waals surface area contributed by atoms with Gasteiger partial charge in [-0.2, -0.15) is 0 Å². The molecule has 126 valence electrons. The molecule has 0 radical (unpaired) electrons. The van der Waals surface area contributed by atoms with Gasteiger partial charge in [0, 0.05) is 18.3 Å². The van der Waals surface area contributed by atoms with E-state index < -0.39 is 0 Å². The van der Waals surface area contributed by atoms with Crippen LogP contribution >= 0.6 is 24.0 Å². The zero-order valence-electron chi connectivity index (χ0n) is 13.6. The fourth-order valence-corrected chi connectivity index (χ4v) is 3.82. The van der Waals surface area contributed by atoms with Crippen molar-refractivity contribution < 1.29 is 4.74 Å². The maximum absolute atomic E-state index is 6.02. The van der Waals surface area contributed by atoms with Crippen molar-refractivity contribution in [2.24, 2.45) is 22.6 Å². The van der Waals surface area contributed by atoms with E-state index in [0.717, 1.165) is 23.9 Å². The van der Waals surface area contributed by atoms with Crippen LogP contribution in [0.15, 0.2) is 53.5 Å². The lowest BCUT2D eigenvalue weighted by atomic mass is 10.0. The molecule has 4 rings (SSSR count). The first-order valence-electron chi connectivity index (χ1n) is 8.05. The zero-order chi connectivity index (χ0) is 15.8. The van der Waals surface area contributed by atoms with Gasteiger partial charge < -0.3 is 15.8 Å². The molecule has 0 amide bonds. The molecule has 4 nitrogen and oxygen atoms in total. The Balaban J connectivity index is 0.00000169. The standard InChI is InChI=1S/C19H21N3O.HI/c1-23-14-7-4-6-13(10-14)22-19(20)21-11-17-16-9-12-5-2-3-8-15(12)18(16)17;/h2-8,10,16-18H,9,11H2,1H3,(H3,20,21,22);1H. The number of ether oxygens (including phenoxy) is 1. The van der Waals surface area contributed by atoms with Gasteiger partial charge >= 0.3 is 0 Å². The summed E-state index contributed by atoms with van der Waals surface area (Å²) in [6.45, 7) is 0.798. The number of halogens is 1. The van der Waals surface area contributed by atoms with Gasteiger partial charge in [-0.1, -0.05) is 30.3 Å². The number of fused-ring (bicyclic) bond motifs is 3. The fourth-order valence-electron chi connectivity index (χ4n) is 3.82. The minimum absolute atomic E-state index is 0. The van der Waals surface area contributed by atoms with Crippen molar-refractivity contribution in [3.8, 4) is 5.75 Å². The summed E-state index contributed by atoms with van der Waals surface area (Å²) in [5.74, 6) is 3.38. The molecule has 0 spiro atoms. The maximum Gasteiger partial charge on any atom is 0.193 e. The molecular formula is C19H22IN3O. The Morgan fingerprint density at radius 3 is 2.92 bits per heavy atom. The molecule has 3 unspecified atom stereocenters. The highest BCUT2D eigenvalue weighted by atomic mass is 127. The van der Waals surface area contributed by atoms with Crippen LogP contribution in [0.3, 0.4) is 0 Å². The van der Waals surface area contributed by atoms with Crippen LogP contribution in [0.2, 0.25) is 0 Å². The predicted molar refractivity (Wildman–Crippen MR) is 108 cm³/mol. The second kappa shape index (κ2) is 7.01. The zero-order valence-corrected chi connectivity index (χ0v) is 15.9. The number of nitrogens with zero attached hydrogens (tertiary/aromatic N) is 1. The SMILES string of the molecule is COc1cccc(NC(N)=NCC2C3Cc4ccccc4C23)c1.I. The van der Waals surface area contributed by atoms with Gasteiger partial charge in [-0.05, 0) is 47.4 Å². The highest BCUT2D eigenvalue weighted by molar-refractivity contribution is 14.0. The normalized spacial score (nSPS) is 23.7. The van der Waals surface area contributed by atoms with Crippen LogP contribution in [0.5, 0.6) is 5.75 Å². The fraction of sp³-hybridized carbons (Fsp3) is 0.316. The molecule has 0 heterocycles. The highest BCUT2D eigenvalue weighted by Crippen LogP contribution is 2.61. The second-order valence-corrected chi connectivity index (χ2v) is 6.34. The number of benzene rings is 2. The van der Waals surface area contributed by atoms with Crippen molar-refractivity contribution in [2.45, 2.75) is 12.3 Å². The number of aliphatic imine (C=N–C) groups is 1. The van der Waals surface area contributed by atoms with Crippen LogP contribution in [0.1, 0.15) is 17.0 Å². The van der Waals surface area contributed by atoms with E-state index in [1.165, 1.54) is 17.5 Å². The summed E-state index contributed by atoms with van der Waals surface area (Å²) in [5, 5.41) is 3.13. The molecule has 2 aliphatic rings. The molecule has 2 aromatic carbocycles. The quantitative estimate of drug-likeness (QED) is 0.438. The molecule has 24 heavy (non-hydrogen) atoms. The molecule has 0 saturated heterocycles. The van der Waals surface area contributed by atoms with Gasteiger partial charge in [-0.15, -0.1) is 24.0 Å². The van der Waals surface area contributed by atoms with Crippen molar-refractivity contribution in [1.82, 2.24) is 0 Å². The Kier molecular flexibility index (Phi) is 4.99. The van der Waals surface area contributed by atoms with Crippen LogP contribution in [0.25, 0.3) is 0 Å². The van der Waals surface area contributed by atoms with Crippen LogP contribution in [0.4, 0.5) is 5.69 Å². The summed E-state index contributed by atoms with van der Waals surface area (Å²) < 4.78 is 5.21. The van der Waals surface area contributed by atoms with E-state index in [1.54, 1.807) is 7.11 Å². The number of hydrogen-bond donors (Lipinski definition) is 2. The lowest BCUT2D eigenvalue weighted by molar-refractivity contribution is 0.415. The summed E-state index contributed by atoms with van der Waals surface area (Å²) in [4.78, 5) is 4.53. The topological polar surface area (TPSA) is 59.6 Å². The third kappa shape index (κ3) is 3.22. The van der Waals surface area contributed by atoms with Crippen LogP contribution < -0.4 is 15.8 Å². The molecule has 3 atom stereocenters. The summed E-state index contributed by atoms with van der Waals surface area (Å²) in [6, 6.07) is 16.5. The molecule has 0 bridgehead atoms. The molecule has 1 fully saturated rings. The molecule has 5 heteroatoms. The summed E-state index contributed by atoms with van der Waals surface area (Å²) in [6.07, 6.45) is 1.20. The second-order valence-electron chi connectivity index (χ2n) is 6.34. The number of methoxy groups -OCH3 is 1. The minimum atomic E-state index is 0. The molecule has 0 aromatic heterocycles. The third-order valence-electron chi connectivity index (χ3n) is 5.02. The van der Waals surface area contributed by atoms with Gasteiger partial charge in [0.2, 0.25) is 0 Å². The van der Waals surface area contributed by atoms with E-state index in [1.807, 2.05) is 24.3 Å². The number of nitrogens with two attached hydrogens (primary N) is 1.